The predicted molar refractivity (Wildman–Crippen MR) is 271 cm³/mol. The van der Waals surface area contributed by atoms with E-state index < -0.39 is 0 Å². The Labute approximate surface area is 373 Å². The average molecular weight is 815 g/mol. The topological polar surface area (TPSA) is 17.8 Å². The second-order valence-electron chi connectivity index (χ2n) is 16.7. The highest BCUT2D eigenvalue weighted by molar-refractivity contribution is 6.18. The lowest BCUT2D eigenvalue weighted by Gasteiger charge is -2.17. The highest BCUT2D eigenvalue weighted by atomic mass is 15.0. The van der Waals surface area contributed by atoms with Crippen LogP contribution in [-0.4, -0.2) is 9.55 Å². The zero-order valence-corrected chi connectivity index (χ0v) is 35.4. The van der Waals surface area contributed by atoms with Gasteiger partial charge in [-0.2, -0.15) is 0 Å². The van der Waals surface area contributed by atoms with Crippen LogP contribution in [0.15, 0.2) is 237 Å². The smallest absolute Gasteiger partial charge is 0.0728 e. The van der Waals surface area contributed by atoms with Crippen LogP contribution in [0, 0.1) is 6.92 Å². The first-order valence-corrected chi connectivity index (χ1v) is 22.0. The summed E-state index contributed by atoms with van der Waals surface area (Å²) in [5.74, 6) is 0. The third-order valence-corrected chi connectivity index (χ3v) is 13.0. The Hall–Kier alpha value is -8.33. The number of hydrogen-bond donors (Lipinski definition) is 0. The molecule has 2 heterocycles. The minimum atomic E-state index is 0.967. The molecule has 300 valence electrons. The molecule has 0 bridgehead atoms. The molecule has 2 heteroatoms. The maximum atomic E-state index is 5.36. The van der Waals surface area contributed by atoms with Crippen molar-refractivity contribution in [3.05, 3.63) is 242 Å². The van der Waals surface area contributed by atoms with Gasteiger partial charge in [-0.15, -0.1) is 0 Å². The van der Waals surface area contributed by atoms with Crippen molar-refractivity contribution in [2.24, 2.45) is 0 Å². The second-order valence-corrected chi connectivity index (χ2v) is 16.7. The zero-order valence-electron chi connectivity index (χ0n) is 35.4. The lowest BCUT2D eigenvalue weighted by atomic mass is 9.87. The monoisotopic (exact) mass is 814 g/mol. The molecular formula is C62H42N2. The van der Waals surface area contributed by atoms with Gasteiger partial charge in [-0.25, -0.2) is 4.98 Å². The molecule has 0 atom stereocenters. The van der Waals surface area contributed by atoms with Crippen molar-refractivity contribution in [1.82, 2.24) is 9.55 Å². The van der Waals surface area contributed by atoms with Gasteiger partial charge in [0.15, 0.2) is 0 Å². The fraction of sp³-hybridized carbons (Fsp3) is 0.0161. The van der Waals surface area contributed by atoms with Crippen LogP contribution in [-0.2, 0) is 0 Å². The number of benzene rings is 10. The van der Waals surface area contributed by atoms with E-state index in [9.17, 15) is 0 Å². The molecule has 0 aliphatic rings. The first-order chi connectivity index (χ1) is 31.7. The van der Waals surface area contributed by atoms with E-state index in [1.54, 1.807) is 0 Å². The largest absolute Gasteiger partial charge is 0.309 e. The standard InChI is InChI=1S/C62H42N2/c1-41-54(43-17-5-2-6-18-43)37-48(38-55(41)45-33-35-49(36-34-45)64-60-27-15-13-24-51(60)52-25-14-16-28-61(52)64)42-29-31-46(32-30-42)56-39-59-62(53-26-12-11-23-50(53)56)57(44-19-7-3-8-20-44)40-58(63-59)47-21-9-4-10-22-47/h2-40H,1H3. The summed E-state index contributed by atoms with van der Waals surface area (Å²) in [7, 11) is 0. The highest BCUT2D eigenvalue weighted by Crippen LogP contribution is 2.43. The van der Waals surface area contributed by atoms with Crippen LogP contribution in [0.2, 0.25) is 0 Å². The molecule has 0 unspecified atom stereocenters. The molecule has 0 saturated carbocycles. The highest BCUT2D eigenvalue weighted by Gasteiger charge is 2.18. The summed E-state index contributed by atoms with van der Waals surface area (Å²) in [6.45, 7) is 2.26. The molecule has 0 radical (unpaired) electrons. The molecule has 0 spiro atoms. The number of rotatable bonds is 7. The molecule has 12 rings (SSSR count). The van der Waals surface area contributed by atoms with Crippen LogP contribution in [0.3, 0.4) is 0 Å². The van der Waals surface area contributed by atoms with Crippen molar-refractivity contribution >= 4 is 43.5 Å². The zero-order chi connectivity index (χ0) is 42.6. The predicted octanol–water partition coefficient (Wildman–Crippen LogP) is 16.8. The van der Waals surface area contributed by atoms with Crippen molar-refractivity contribution in [2.45, 2.75) is 6.92 Å². The third-order valence-electron chi connectivity index (χ3n) is 13.0. The molecule has 64 heavy (non-hydrogen) atoms. The van der Waals surface area contributed by atoms with Crippen molar-refractivity contribution < 1.29 is 0 Å². The molecule has 0 saturated heterocycles. The Bertz CT molecular complexity index is 3630. The van der Waals surface area contributed by atoms with Crippen molar-refractivity contribution in [2.75, 3.05) is 0 Å². The maximum Gasteiger partial charge on any atom is 0.0728 e. The van der Waals surface area contributed by atoms with E-state index in [4.69, 9.17) is 4.98 Å². The van der Waals surface area contributed by atoms with Gasteiger partial charge in [-0.1, -0.05) is 188 Å². The van der Waals surface area contributed by atoms with Crippen molar-refractivity contribution in [3.8, 4) is 72.6 Å². The van der Waals surface area contributed by atoms with Crippen LogP contribution >= 0.6 is 0 Å². The molecule has 2 aromatic heterocycles. The minimum Gasteiger partial charge on any atom is -0.309 e. The van der Waals surface area contributed by atoms with Crippen LogP contribution in [0.1, 0.15) is 5.56 Å². The van der Waals surface area contributed by atoms with Gasteiger partial charge in [0.25, 0.3) is 0 Å². The first-order valence-electron chi connectivity index (χ1n) is 22.0. The SMILES string of the molecule is Cc1c(-c2ccccc2)cc(-c2ccc(-c3cc4nc(-c5ccccc5)cc(-c5ccccc5)c4c4ccccc34)cc2)cc1-c1ccc(-n2c3ccccc3c3ccccc32)cc1. The van der Waals surface area contributed by atoms with E-state index in [1.807, 2.05) is 0 Å². The van der Waals surface area contributed by atoms with E-state index in [-0.39, 0.29) is 0 Å². The molecule has 0 fully saturated rings. The summed E-state index contributed by atoms with van der Waals surface area (Å²) < 4.78 is 2.38. The first kappa shape index (κ1) is 37.4. The van der Waals surface area contributed by atoms with Gasteiger partial charge < -0.3 is 4.57 Å². The van der Waals surface area contributed by atoms with Gasteiger partial charge in [0, 0.05) is 27.4 Å². The van der Waals surface area contributed by atoms with E-state index in [1.165, 1.54) is 93.6 Å². The van der Waals surface area contributed by atoms with Gasteiger partial charge in [-0.05, 0) is 127 Å². The normalized spacial score (nSPS) is 11.5. The summed E-state index contributed by atoms with van der Waals surface area (Å²) in [5.41, 5.74) is 19.8. The summed E-state index contributed by atoms with van der Waals surface area (Å²) in [4.78, 5) is 5.36. The fourth-order valence-electron chi connectivity index (χ4n) is 9.88. The lowest BCUT2D eigenvalue weighted by Crippen LogP contribution is -1.95. The average Bonchev–Trinajstić information content (AvgIpc) is 3.71. The van der Waals surface area contributed by atoms with Gasteiger partial charge in [-0.3, -0.25) is 0 Å². The van der Waals surface area contributed by atoms with Gasteiger partial charge >= 0.3 is 0 Å². The Morgan fingerprint density at radius 1 is 0.312 bits per heavy atom. The fourth-order valence-corrected chi connectivity index (χ4v) is 9.88. The lowest BCUT2D eigenvalue weighted by molar-refractivity contribution is 1.18. The number of pyridine rings is 1. The molecule has 12 aromatic rings. The van der Waals surface area contributed by atoms with Gasteiger partial charge in [0.1, 0.15) is 0 Å². The van der Waals surface area contributed by atoms with Crippen molar-refractivity contribution in [1.29, 1.82) is 0 Å². The molecule has 0 amide bonds. The third kappa shape index (κ3) is 6.39. The Balaban J connectivity index is 0.977. The second kappa shape index (κ2) is 15.5. The molecule has 0 aliphatic heterocycles. The Morgan fingerprint density at radius 2 is 0.750 bits per heavy atom. The molecule has 10 aromatic carbocycles. The molecule has 0 N–H and O–H groups in total. The molecule has 2 nitrogen and oxygen atoms in total. The van der Waals surface area contributed by atoms with Gasteiger partial charge in [0.2, 0.25) is 0 Å². The number of nitrogens with zero attached hydrogens (tertiary/aromatic N) is 2. The summed E-state index contributed by atoms with van der Waals surface area (Å²) in [6, 6.07) is 85.7. The van der Waals surface area contributed by atoms with Crippen LogP contribution < -0.4 is 0 Å². The quantitative estimate of drug-likeness (QED) is 0.147. The molecular weight excluding hydrogens is 773 g/mol. The molecule has 0 aliphatic carbocycles. The summed E-state index contributed by atoms with van der Waals surface area (Å²) >= 11 is 0. The van der Waals surface area contributed by atoms with Crippen LogP contribution in [0.25, 0.3) is 116 Å². The number of para-hydroxylation sites is 2. The number of aromatic nitrogens is 2. The van der Waals surface area contributed by atoms with Crippen LogP contribution in [0.5, 0.6) is 0 Å². The summed E-state index contributed by atoms with van der Waals surface area (Å²) in [6.07, 6.45) is 0. The van der Waals surface area contributed by atoms with E-state index >= 15 is 0 Å². The Morgan fingerprint density at radius 3 is 1.34 bits per heavy atom. The van der Waals surface area contributed by atoms with Crippen LogP contribution in [0.4, 0.5) is 0 Å². The number of hydrogen-bond acceptors (Lipinski definition) is 1. The van der Waals surface area contributed by atoms with E-state index in [2.05, 4.69) is 248 Å². The van der Waals surface area contributed by atoms with Gasteiger partial charge in [0.05, 0.1) is 22.2 Å². The maximum absolute atomic E-state index is 5.36. The van der Waals surface area contributed by atoms with Crippen molar-refractivity contribution in [3.63, 3.8) is 0 Å². The minimum absolute atomic E-state index is 0.967. The van der Waals surface area contributed by atoms with E-state index in [0.717, 1.165) is 28.0 Å². The summed E-state index contributed by atoms with van der Waals surface area (Å²) in [5, 5.41) is 6.12. The van der Waals surface area contributed by atoms with E-state index in [0.29, 0.717) is 0 Å². The number of fused-ring (bicyclic) bond motifs is 6. The Kier molecular flexibility index (Phi) is 9.09.